The summed E-state index contributed by atoms with van der Waals surface area (Å²) in [7, 11) is -2.41. The molecule has 2 heterocycles. The van der Waals surface area contributed by atoms with Crippen LogP contribution >= 0.6 is 0 Å². The molecule has 1 aromatic carbocycles. The number of ketones is 1. The van der Waals surface area contributed by atoms with Gasteiger partial charge in [-0.15, -0.1) is 0 Å². The Labute approximate surface area is 163 Å². The van der Waals surface area contributed by atoms with E-state index in [1.807, 2.05) is 0 Å². The molecule has 0 spiro atoms. The van der Waals surface area contributed by atoms with Crippen LogP contribution in [0.4, 0.5) is 4.39 Å². The maximum absolute atomic E-state index is 13.4. The molecule has 0 saturated carbocycles. The lowest BCUT2D eigenvalue weighted by Crippen LogP contribution is -2.49. The number of H-pyrrole nitrogens is 1. The number of ether oxygens (including phenoxy) is 1. The first-order valence-electron chi connectivity index (χ1n) is 8.88. The highest BCUT2D eigenvalue weighted by Gasteiger charge is 2.47. The third kappa shape index (κ3) is 3.79. The lowest BCUT2D eigenvalue weighted by molar-refractivity contribution is -0.120. The van der Waals surface area contributed by atoms with Crippen LogP contribution in [0.2, 0.25) is 0 Å². The minimum Gasteiger partial charge on any atom is -0.497 e. The molecule has 2 aromatic rings. The van der Waals surface area contributed by atoms with E-state index in [1.165, 1.54) is 13.8 Å². The van der Waals surface area contributed by atoms with E-state index in [0.717, 1.165) is 9.87 Å². The molecule has 1 N–H and O–H groups in total. The summed E-state index contributed by atoms with van der Waals surface area (Å²) >= 11 is 0. The van der Waals surface area contributed by atoms with Gasteiger partial charge in [0.05, 0.1) is 13.5 Å². The molecule has 0 radical (unpaired) electrons. The van der Waals surface area contributed by atoms with Gasteiger partial charge in [0.1, 0.15) is 22.5 Å². The highest BCUT2D eigenvalue weighted by molar-refractivity contribution is 7.91. The van der Waals surface area contributed by atoms with E-state index in [9.17, 15) is 17.6 Å². The predicted molar refractivity (Wildman–Crippen MR) is 101 cm³/mol. The monoisotopic (exact) mass is 410 g/mol. The van der Waals surface area contributed by atoms with Gasteiger partial charge in [-0.05, 0) is 44.5 Å². The van der Waals surface area contributed by atoms with Crippen molar-refractivity contribution < 1.29 is 22.3 Å². The highest BCUT2D eigenvalue weighted by atomic mass is 32.2. The van der Waals surface area contributed by atoms with E-state index >= 15 is 0 Å². The van der Waals surface area contributed by atoms with Gasteiger partial charge in [-0.2, -0.15) is 9.40 Å². The standard InChI is InChI=1S/C18H23FN4O4S/c1-18(2,28(25,26)23-9-8-13(19)11-23)15(24)10-16-20-17(22-21-16)12-4-6-14(27-3)7-5-12/h4-7,13H,8-11H2,1-3H3,(H,20,21,22)/t13-/m1/s1. The molecular weight excluding hydrogens is 387 g/mol. The highest BCUT2D eigenvalue weighted by Crippen LogP contribution is 2.28. The van der Waals surface area contributed by atoms with Gasteiger partial charge in [0, 0.05) is 18.7 Å². The lowest BCUT2D eigenvalue weighted by Gasteiger charge is -2.28. The van der Waals surface area contributed by atoms with Gasteiger partial charge in [0.15, 0.2) is 11.6 Å². The summed E-state index contributed by atoms with van der Waals surface area (Å²) in [6.45, 7) is 2.57. The molecule has 1 aliphatic heterocycles. The Balaban J connectivity index is 1.74. The first-order valence-corrected chi connectivity index (χ1v) is 10.3. The molecule has 1 aliphatic rings. The van der Waals surface area contributed by atoms with Crippen molar-refractivity contribution in [3.05, 3.63) is 30.1 Å². The van der Waals surface area contributed by atoms with Gasteiger partial charge in [-0.3, -0.25) is 9.89 Å². The smallest absolute Gasteiger partial charge is 0.226 e. The molecule has 0 unspecified atom stereocenters. The second-order valence-electron chi connectivity index (χ2n) is 7.19. The number of carbonyl (C=O) groups is 1. The zero-order valence-corrected chi connectivity index (χ0v) is 16.8. The summed E-state index contributed by atoms with van der Waals surface area (Å²) in [5.41, 5.74) is 0.730. The number of benzene rings is 1. The van der Waals surface area contributed by atoms with Gasteiger partial charge in [-0.25, -0.2) is 17.8 Å². The maximum atomic E-state index is 13.4. The minimum atomic E-state index is -3.98. The summed E-state index contributed by atoms with van der Waals surface area (Å²) in [5.74, 6) is 0.820. The molecule has 8 nitrogen and oxygen atoms in total. The molecule has 1 aromatic heterocycles. The molecule has 10 heteroatoms. The van der Waals surface area contributed by atoms with E-state index in [0.29, 0.717) is 11.6 Å². The van der Waals surface area contributed by atoms with Gasteiger partial charge in [0.2, 0.25) is 10.0 Å². The molecule has 1 saturated heterocycles. The van der Waals surface area contributed by atoms with Crippen LogP contribution in [0, 0.1) is 0 Å². The Kier molecular flexibility index (Phi) is 5.53. The largest absolute Gasteiger partial charge is 0.497 e. The number of carbonyl (C=O) groups excluding carboxylic acids is 1. The molecule has 28 heavy (non-hydrogen) atoms. The van der Waals surface area contributed by atoms with Gasteiger partial charge < -0.3 is 4.74 Å². The van der Waals surface area contributed by atoms with Crippen LogP contribution in [-0.2, 0) is 21.2 Å². The van der Waals surface area contributed by atoms with E-state index in [-0.39, 0.29) is 31.8 Å². The van der Waals surface area contributed by atoms with Crippen molar-refractivity contribution in [3.8, 4) is 17.1 Å². The number of hydrogen-bond acceptors (Lipinski definition) is 6. The number of halogens is 1. The fourth-order valence-corrected chi connectivity index (χ4v) is 4.69. The van der Waals surface area contributed by atoms with E-state index in [2.05, 4.69) is 15.2 Å². The van der Waals surface area contributed by atoms with Crippen LogP contribution in [-0.4, -0.2) is 64.8 Å². The first-order chi connectivity index (χ1) is 13.1. The maximum Gasteiger partial charge on any atom is 0.226 e. The summed E-state index contributed by atoms with van der Waals surface area (Å²) < 4.78 is 43.5. The fraction of sp³-hybridized carbons (Fsp3) is 0.500. The Hall–Kier alpha value is -2.33. The normalized spacial score (nSPS) is 18.4. The third-order valence-corrected chi connectivity index (χ3v) is 7.49. The van der Waals surface area contributed by atoms with Crippen molar-refractivity contribution >= 4 is 15.8 Å². The summed E-state index contributed by atoms with van der Waals surface area (Å²) in [5, 5.41) is 6.77. The second kappa shape index (κ2) is 7.59. The third-order valence-electron chi connectivity index (χ3n) is 4.96. The Bertz CT molecular complexity index is 956. The van der Waals surface area contributed by atoms with E-state index < -0.39 is 26.7 Å². The first kappa shape index (κ1) is 20.4. The van der Waals surface area contributed by atoms with Crippen molar-refractivity contribution in [2.75, 3.05) is 20.2 Å². The van der Waals surface area contributed by atoms with E-state index in [1.54, 1.807) is 31.4 Å². The zero-order chi connectivity index (χ0) is 20.5. The molecule has 0 amide bonds. The number of Topliss-reactive ketones (excluding diaryl/α,β-unsaturated/α-hetero) is 1. The second-order valence-corrected chi connectivity index (χ2v) is 9.68. The Morgan fingerprint density at radius 1 is 1.36 bits per heavy atom. The van der Waals surface area contributed by atoms with Crippen molar-refractivity contribution in [2.45, 2.75) is 37.6 Å². The summed E-state index contributed by atoms with van der Waals surface area (Å²) in [6.07, 6.45) is -1.26. The molecule has 0 bridgehead atoms. The number of rotatable bonds is 7. The molecule has 1 atom stereocenters. The quantitative estimate of drug-likeness (QED) is 0.745. The Morgan fingerprint density at radius 2 is 2.04 bits per heavy atom. The number of hydrogen-bond donors (Lipinski definition) is 1. The van der Waals surface area contributed by atoms with Gasteiger partial charge in [-0.1, -0.05) is 0 Å². The predicted octanol–water partition coefficient (Wildman–Crippen LogP) is 1.74. The molecule has 1 fully saturated rings. The number of methoxy groups -OCH3 is 1. The van der Waals surface area contributed by atoms with Crippen LogP contribution in [0.15, 0.2) is 24.3 Å². The SMILES string of the molecule is COc1ccc(-c2n[nH]c(CC(=O)C(C)(C)S(=O)(=O)N3CC[C@@H](F)C3)n2)cc1. The number of nitrogens with one attached hydrogen (secondary N) is 1. The summed E-state index contributed by atoms with van der Waals surface area (Å²) in [4.78, 5) is 17.0. The van der Waals surface area contributed by atoms with Crippen molar-refractivity contribution in [1.29, 1.82) is 0 Å². The van der Waals surface area contributed by atoms with Crippen LogP contribution in [0.1, 0.15) is 26.1 Å². The topological polar surface area (TPSA) is 105 Å². The number of sulfonamides is 1. The van der Waals surface area contributed by atoms with E-state index in [4.69, 9.17) is 4.74 Å². The number of nitrogens with zero attached hydrogens (tertiary/aromatic N) is 3. The fourth-order valence-electron chi connectivity index (χ4n) is 2.98. The average molecular weight is 410 g/mol. The number of alkyl halides is 1. The molecule has 3 rings (SSSR count). The molecular formula is C18H23FN4O4S. The van der Waals surface area contributed by atoms with Gasteiger partial charge in [0.25, 0.3) is 0 Å². The Morgan fingerprint density at radius 3 is 2.61 bits per heavy atom. The van der Waals surface area contributed by atoms with Crippen molar-refractivity contribution in [2.24, 2.45) is 0 Å². The molecule has 0 aliphatic carbocycles. The van der Waals surface area contributed by atoms with Crippen LogP contribution in [0.25, 0.3) is 11.4 Å². The number of aromatic nitrogens is 3. The average Bonchev–Trinajstić information content (AvgIpc) is 3.31. The molecule has 152 valence electrons. The lowest BCUT2D eigenvalue weighted by atomic mass is 10.1. The van der Waals surface area contributed by atoms with Crippen molar-refractivity contribution in [3.63, 3.8) is 0 Å². The number of aromatic amines is 1. The van der Waals surface area contributed by atoms with Crippen LogP contribution in [0.5, 0.6) is 5.75 Å². The minimum absolute atomic E-state index is 0.0874. The van der Waals surface area contributed by atoms with Crippen LogP contribution in [0.3, 0.4) is 0 Å². The van der Waals surface area contributed by atoms with Crippen LogP contribution < -0.4 is 4.74 Å². The summed E-state index contributed by atoms with van der Waals surface area (Å²) in [6, 6.07) is 7.09. The van der Waals surface area contributed by atoms with Gasteiger partial charge >= 0.3 is 0 Å². The van der Waals surface area contributed by atoms with Crippen molar-refractivity contribution in [1.82, 2.24) is 19.5 Å². The zero-order valence-electron chi connectivity index (χ0n) is 16.0.